The number of nitrogens with zero attached hydrogens (tertiary/aromatic N) is 2. The zero-order valence-corrected chi connectivity index (χ0v) is 46.7. The van der Waals surface area contributed by atoms with Gasteiger partial charge in [-0.15, -0.1) is 0 Å². The molecule has 1 aromatic rings. The fraction of sp³-hybridized carbons (Fsp3) is 0.596. The predicted octanol–water partition coefficient (Wildman–Crippen LogP) is -0.382. The number of rotatable bonds is 20. The molecule has 434 valence electrons. The quantitative estimate of drug-likeness (QED) is 0.0343. The molecule has 78 heavy (non-hydrogen) atoms. The summed E-state index contributed by atoms with van der Waals surface area (Å²) in [5.41, 5.74) is 18.5. The third-order valence-electron chi connectivity index (χ3n) is 13.0. The third-order valence-corrected chi connectivity index (χ3v) is 14.1. The number of likely N-dealkylation sites (N-methyl/N-ethyl adjacent to an activating group) is 1. The van der Waals surface area contributed by atoms with Crippen LogP contribution in [-0.4, -0.2) is 172 Å². The molecule has 1 saturated heterocycles. The van der Waals surface area contributed by atoms with E-state index in [-0.39, 0.29) is 61.2 Å². The number of nitrogens with one attached hydrogen (secondary N) is 6. The number of aliphatic carboxylic acids is 3. The SMILES string of the molecule is CO[C@@H](Cc1ccccc1)[C@@H](C)/C=C(C)/C=C/C1NC(=O)[C@H](CCCN=C(N)N)NC(=O)[C@@H](C)[C@H](C(=O)O)NC(=O)[C@H](CC(C)C)NC(=O)[C@@H](C)NC(=O)C(CSC[C@H](N)C(=O)O)N(C)C(=O)CCC(C(=O)O)NC(=O)[C@H]1C. The average Bonchev–Trinajstić information content (AvgIpc) is 3.37. The summed E-state index contributed by atoms with van der Waals surface area (Å²) in [6.07, 6.45) is 4.34. The second-order valence-corrected chi connectivity index (χ2v) is 21.0. The van der Waals surface area contributed by atoms with Crippen molar-refractivity contribution < 1.29 is 68.0 Å². The normalized spacial score (nSPS) is 25.4. The molecule has 0 saturated carbocycles. The van der Waals surface area contributed by atoms with Gasteiger partial charge in [0.1, 0.15) is 42.3 Å². The highest BCUT2D eigenvalue weighted by molar-refractivity contribution is 7.99. The summed E-state index contributed by atoms with van der Waals surface area (Å²) in [4.78, 5) is 140. The summed E-state index contributed by atoms with van der Waals surface area (Å²) in [5, 5.41) is 45.2. The van der Waals surface area contributed by atoms with Crippen molar-refractivity contribution in [1.82, 2.24) is 36.8 Å². The minimum absolute atomic E-state index is 0.00362. The van der Waals surface area contributed by atoms with Crippen LogP contribution in [0.25, 0.3) is 0 Å². The zero-order valence-electron chi connectivity index (χ0n) is 45.9. The van der Waals surface area contributed by atoms with Crippen LogP contribution in [0, 0.1) is 23.7 Å². The standard InChI is InChI=1S/C52H81N11O14S/c1-27(2)22-38-47(69)62-42(51(75)76)31(6)44(66)59-36(16-13-21-56-52(54)55)46(68)58-35(18-17-28(3)23-29(4)40(77-9)24-33-14-11-10-12-15-33)30(5)43(65)60-37(50(73)74)19-20-41(64)63(8)39(26-78-25-34(53)49(71)72)48(70)57-32(7)45(67)61-38/h10-12,14-15,17-18,23,27,29-32,34-40,42H,13,16,19-22,24-26,53H2,1-9H3,(H,57,70)(H,58,68)(H,59,66)(H,60,65)(H,61,67)(H,62,69)(H,71,72)(H,73,74)(H,75,76)(H4,54,55,56)/b18-17+,28-23+/t29-,30-,31-,32+,34-,35?,36-,37?,38-,39?,40-,42+/m0/s1. The molecule has 2 rings (SSSR count). The van der Waals surface area contributed by atoms with E-state index >= 15 is 0 Å². The van der Waals surface area contributed by atoms with Crippen LogP contribution in [0.4, 0.5) is 0 Å². The van der Waals surface area contributed by atoms with Crippen LogP contribution in [0.2, 0.25) is 0 Å². The lowest BCUT2D eigenvalue weighted by molar-refractivity contribution is -0.146. The van der Waals surface area contributed by atoms with Gasteiger partial charge in [0, 0.05) is 44.5 Å². The molecule has 1 aliphatic rings. The first-order valence-electron chi connectivity index (χ1n) is 25.7. The van der Waals surface area contributed by atoms with Crippen LogP contribution in [-0.2, 0) is 59.1 Å². The number of amides is 7. The zero-order chi connectivity index (χ0) is 59.0. The Labute approximate surface area is 459 Å². The van der Waals surface area contributed by atoms with Crippen LogP contribution in [0.1, 0.15) is 86.1 Å². The highest BCUT2D eigenvalue weighted by atomic mass is 32.2. The van der Waals surface area contributed by atoms with E-state index in [0.29, 0.717) is 12.0 Å². The molecule has 25 nitrogen and oxygen atoms in total. The molecule has 0 aromatic heterocycles. The number of methoxy groups -OCH3 is 1. The van der Waals surface area contributed by atoms with Crippen LogP contribution in [0.5, 0.6) is 0 Å². The fourth-order valence-corrected chi connectivity index (χ4v) is 9.24. The Morgan fingerprint density at radius 3 is 2.01 bits per heavy atom. The maximum atomic E-state index is 14.5. The van der Waals surface area contributed by atoms with Gasteiger partial charge in [0.15, 0.2) is 5.96 Å². The van der Waals surface area contributed by atoms with Crippen molar-refractivity contribution in [2.45, 2.75) is 141 Å². The van der Waals surface area contributed by atoms with E-state index in [1.165, 1.54) is 33.9 Å². The Morgan fingerprint density at radius 2 is 1.44 bits per heavy atom. The van der Waals surface area contributed by atoms with E-state index in [9.17, 15) is 63.3 Å². The second-order valence-electron chi connectivity index (χ2n) is 19.9. The van der Waals surface area contributed by atoms with Gasteiger partial charge in [-0.3, -0.25) is 43.3 Å². The molecule has 1 aliphatic heterocycles. The van der Waals surface area contributed by atoms with E-state index in [2.05, 4.69) is 36.9 Å². The molecule has 26 heteroatoms. The Kier molecular flexibility index (Phi) is 28.6. The number of carboxylic acids is 3. The fourth-order valence-electron chi connectivity index (χ4n) is 8.11. The molecule has 0 bridgehead atoms. The summed E-state index contributed by atoms with van der Waals surface area (Å²) in [6, 6.07) is -2.12. The third kappa shape index (κ3) is 22.9. The molecule has 7 amide bonds. The van der Waals surface area contributed by atoms with E-state index in [1.807, 2.05) is 43.3 Å². The largest absolute Gasteiger partial charge is 0.480 e. The number of carbonyl (C=O) groups is 10. The molecule has 3 unspecified atom stereocenters. The maximum Gasteiger partial charge on any atom is 0.327 e. The van der Waals surface area contributed by atoms with E-state index < -0.39 is 132 Å². The van der Waals surface area contributed by atoms with Crippen LogP contribution in [0.15, 0.2) is 59.1 Å². The number of benzene rings is 1. The maximum absolute atomic E-state index is 14.5. The molecule has 0 radical (unpaired) electrons. The van der Waals surface area contributed by atoms with Crippen molar-refractivity contribution in [3.05, 3.63) is 59.7 Å². The lowest BCUT2D eigenvalue weighted by Gasteiger charge is -2.30. The summed E-state index contributed by atoms with van der Waals surface area (Å²) in [7, 11) is 2.84. The Balaban J connectivity index is 2.80. The molecule has 0 aliphatic carbocycles. The molecule has 0 spiro atoms. The Bertz CT molecular complexity index is 2330. The molecule has 1 heterocycles. The summed E-state index contributed by atoms with van der Waals surface area (Å²) in [5.74, 6) is -14.7. The smallest absolute Gasteiger partial charge is 0.327 e. The van der Waals surface area contributed by atoms with Crippen LogP contribution < -0.4 is 49.1 Å². The number of nitrogens with two attached hydrogens (primary N) is 3. The number of thioether (sulfide) groups is 1. The Hall–Kier alpha value is -7.06. The molecule has 1 aromatic carbocycles. The van der Waals surface area contributed by atoms with Gasteiger partial charge in [-0.1, -0.05) is 88.8 Å². The summed E-state index contributed by atoms with van der Waals surface area (Å²) in [6.45, 7) is 11.1. The van der Waals surface area contributed by atoms with Gasteiger partial charge in [0.25, 0.3) is 0 Å². The summed E-state index contributed by atoms with van der Waals surface area (Å²) < 4.78 is 5.82. The van der Waals surface area contributed by atoms with Crippen molar-refractivity contribution in [3.8, 4) is 0 Å². The first-order chi connectivity index (χ1) is 36.6. The number of ether oxygens (including phenoxy) is 1. The highest BCUT2D eigenvalue weighted by Gasteiger charge is 2.38. The predicted molar refractivity (Wildman–Crippen MR) is 292 cm³/mol. The number of carboxylic acid groups (broad SMARTS) is 3. The van der Waals surface area contributed by atoms with Gasteiger partial charge in [0.05, 0.1) is 24.0 Å². The number of hydrogen-bond acceptors (Lipinski definition) is 14. The van der Waals surface area contributed by atoms with Gasteiger partial charge < -0.3 is 74.1 Å². The lowest BCUT2D eigenvalue weighted by atomic mass is 9.94. The number of carbonyl (C=O) groups excluding carboxylic acids is 7. The van der Waals surface area contributed by atoms with Crippen molar-refractivity contribution in [2.75, 3.05) is 32.2 Å². The number of hydrogen-bond donors (Lipinski definition) is 12. The Morgan fingerprint density at radius 1 is 0.821 bits per heavy atom. The number of allylic oxidation sites excluding steroid dienone is 2. The van der Waals surface area contributed by atoms with Crippen molar-refractivity contribution in [2.24, 2.45) is 45.9 Å². The topological polar surface area (TPSA) is 406 Å². The first kappa shape index (κ1) is 67.1. The van der Waals surface area contributed by atoms with Crippen molar-refractivity contribution in [3.63, 3.8) is 0 Å². The monoisotopic (exact) mass is 1120 g/mol. The summed E-state index contributed by atoms with van der Waals surface area (Å²) >= 11 is 0.909. The average molecular weight is 1120 g/mol. The molecule has 12 atom stereocenters. The van der Waals surface area contributed by atoms with Crippen molar-refractivity contribution >= 4 is 77.0 Å². The molecular formula is C52H81N11O14S. The van der Waals surface area contributed by atoms with Gasteiger partial charge >= 0.3 is 17.9 Å². The van der Waals surface area contributed by atoms with Crippen LogP contribution >= 0.6 is 11.8 Å². The molecular weight excluding hydrogens is 1030 g/mol. The lowest BCUT2D eigenvalue weighted by Crippen LogP contribution is -2.59. The van der Waals surface area contributed by atoms with Gasteiger partial charge in [-0.25, -0.2) is 9.59 Å². The highest BCUT2D eigenvalue weighted by Crippen LogP contribution is 2.19. The minimum atomic E-state index is -1.93. The van der Waals surface area contributed by atoms with E-state index in [1.54, 1.807) is 34.0 Å². The van der Waals surface area contributed by atoms with Crippen LogP contribution in [0.3, 0.4) is 0 Å². The van der Waals surface area contributed by atoms with Gasteiger partial charge in [-0.2, -0.15) is 11.8 Å². The van der Waals surface area contributed by atoms with Gasteiger partial charge in [0.2, 0.25) is 41.4 Å². The molecule has 15 N–H and O–H groups in total. The second kappa shape index (κ2) is 33.3. The minimum Gasteiger partial charge on any atom is -0.480 e. The molecule has 1 fully saturated rings. The van der Waals surface area contributed by atoms with Crippen molar-refractivity contribution in [1.29, 1.82) is 0 Å². The number of guanidine groups is 1. The van der Waals surface area contributed by atoms with E-state index in [0.717, 1.165) is 22.2 Å². The van der Waals surface area contributed by atoms with Gasteiger partial charge in [-0.05, 0) is 57.4 Å². The first-order valence-corrected chi connectivity index (χ1v) is 26.8. The van der Waals surface area contributed by atoms with E-state index in [4.69, 9.17) is 21.9 Å². The number of aliphatic imine (C=N–C) groups is 1.